The molecule has 0 bridgehead atoms. The molecular weight excluding hydrogens is 236 g/mol. The number of nitrogens with two attached hydrogens (primary N) is 1. The van der Waals surface area contributed by atoms with Gasteiger partial charge in [0.25, 0.3) is 0 Å². The number of pyridine rings is 1. The van der Waals surface area contributed by atoms with Gasteiger partial charge >= 0.3 is 0 Å². The zero-order valence-electron chi connectivity index (χ0n) is 9.54. The van der Waals surface area contributed by atoms with Crippen LogP contribution in [0.15, 0.2) is 23.5 Å². The number of anilines is 1. The van der Waals surface area contributed by atoms with Crippen LogP contribution in [0.2, 0.25) is 0 Å². The second-order valence-corrected chi connectivity index (χ2v) is 5.07. The number of aromatic nitrogens is 1. The summed E-state index contributed by atoms with van der Waals surface area (Å²) in [6.07, 6.45) is 2.83. The lowest BCUT2D eigenvalue weighted by atomic mass is 10.2. The van der Waals surface area contributed by atoms with Crippen LogP contribution in [-0.2, 0) is 0 Å². The molecule has 0 unspecified atom stereocenters. The van der Waals surface area contributed by atoms with Gasteiger partial charge in [-0.3, -0.25) is 0 Å². The van der Waals surface area contributed by atoms with Crippen molar-refractivity contribution in [1.29, 1.82) is 0 Å². The minimum absolute atomic E-state index is 0.0930. The number of nitrogens with zero attached hydrogens (tertiary/aromatic N) is 3. The number of amidine groups is 1. The van der Waals surface area contributed by atoms with Gasteiger partial charge in [-0.1, -0.05) is 5.16 Å². The van der Waals surface area contributed by atoms with Crippen LogP contribution in [0.4, 0.5) is 5.82 Å². The fraction of sp³-hybridized carbons (Fsp3) is 0.455. The molecule has 2 rings (SSSR count). The highest BCUT2D eigenvalue weighted by Crippen LogP contribution is 2.17. The van der Waals surface area contributed by atoms with E-state index >= 15 is 0 Å². The van der Waals surface area contributed by atoms with Gasteiger partial charge < -0.3 is 15.8 Å². The van der Waals surface area contributed by atoms with E-state index in [0.717, 1.165) is 24.7 Å². The Bertz CT molecular complexity index is 385. The van der Waals surface area contributed by atoms with Gasteiger partial charge in [-0.25, -0.2) is 4.98 Å². The molecule has 5 nitrogen and oxygen atoms in total. The lowest BCUT2D eigenvalue weighted by Gasteiger charge is -2.20. The normalized spacial score (nSPS) is 17.9. The van der Waals surface area contributed by atoms with E-state index in [1.807, 2.05) is 23.9 Å². The molecule has 1 aliphatic heterocycles. The van der Waals surface area contributed by atoms with Gasteiger partial charge in [-0.05, 0) is 24.3 Å². The van der Waals surface area contributed by atoms with Crippen molar-refractivity contribution in [3.63, 3.8) is 0 Å². The van der Waals surface area contributed by atoms with E-state index in [1.165, 1.54) is 12.2 Å². The highest BCUT2D eigenvalue weighted by atomic mass is 32.2. The van der Waals surface area contributed by atoms with Crippen LogP contribution in [0.3, 0.4) is 0 Å². The van der Waals surface area contributed by atoms with E-state index in [-0.39, 0.29) is 5.84 Å². The molecule has 1 fully saturated rings. The molecule has 1 aromatic rings. The SMILES string of the molecule is N/C(=N/O)c1ccc(N2CCCSCC2)nc1. The van der Waals surface area contributed by atoms with Crippen molar-refractivity contribution in [2.24, 2.45) is 10.9 Å². The van der Waals surface area contributed by atoms with Crippen LogP contribution < -0.4 is 10.6 Å². The quantitative estimate of drug-likeness (QED) is 0.357. The Labute approximate surface area is 105 Å². The predicted octanol–water partition coefficient (Wildman–Crippen LogP) is 1.12. The minimum Gasteiger partial charge on any atom is -0.409 e. The Morgan fingerprint density at radius 1 is 1.41 bits per heavy atom. The number of hydrogen-bond acceptors (Lipinski definition) is 5. The summed E-state index contributed by atoms with van der Waals surface area (Å²) in [6.45, 7) is 2.07. The molecule has 3 N–H and O–H groups in total. The van der Waals surface area contributed by atoms with Gasteiger partial charge in [-0.2, -0.15) is 11.8 Å². The van der Waals surface area contributed by atoms with Crippen molar-refractivity contribution < 1.29 is 5.21 Å². The maximum atomic E-state index is 8.57. The average molecular weight is 252 g/mol. The third-order valence-electron chi connectivity index (χ3n) is 2.70. The minimum atomic E-state index is 0.0930. The molecule has 92 valence electrons. The summed E-state index contributed by atoms with van der Waals surface area (Å²) in [5, 5.41) is 11.5. The summed E-state index contributed by atoms with van der Waals surface area (Å²) in [5.41, 5.74) is 6.13. The Morgan fingerprint density at radius 3 is 3.00 bits per heavy atom. The molecule has 1 aromatic heterocycles. The summed E-state index contributed by atoms with van der Waals surface area (Å²) in [6, 6.07) is 3.75. The van der Waals surface area contributed by atoms with Crippen molar-refractivity contribution >= 4 is 23.4 Å². The smallest absolute Gasteiger partial charge is 0.171 e. The number of oxime groups is 1. The molecule has 1 aliphatic rings. The van der Waals surface area contributed by atoms with Crippen LogP contribution >= 0.6 is 11.8 Å². The van der Waals surface area contributed by atoms with Crippen LogP contribution in [0.1, 0.15) is 12.0 Å². The molecule has 6 heteroatoms. The molecule has 0 atom stereocenters. The first kappa shape index (κ1) is 12.0. The summed E-state index contributed by atoms with van der Waals surface area (Å²) in [7, 11) is 0. The highest BCUT2D eigenvalue weighted by molar-refractivity contribution is 7.99. The van der Waals surface area contributed by atoms with E-state index in [9.17, 15) is 0 Å². The molecule has 0 radical (unpaired) electrons. The highest BCUT2D eigenvalue weighted by Gasteiger charge is 2.11. The van der Waals surface area contributed by atoms with Crippen LogP contribution in [0, 0.1) is 0 Å². The maximum absolute atomic E-state index is 8.57. The number of hydrogen-bond donors (Lipinski definition) is 2. The first-order valence-corrected chi connectivity index (χ1v) is 6.73. The monoisotopic (exact) mass is 252 g/mol. The summed E-state index contributed by atoms with van der Waals surface area (Å²) in [4.78, 5) is 6.63. The zero-order valence-corrected chi connectivity index (χ0v) is 10.4. The lowest BCUT2D eigenvalue weighted by molar-refractivity contribution is 0.318. The van der Waals surface area contributed by atoms with Gasteiger partial charge in [0.2, 0.25) is 0 Å². The first-order valence-electron chi connectivity index (χ1n) is 5.58. The van der Waals surface area contributed by atoms with E-state index < -0.39 is 0 Å². The largest absolute Gasteiger partial charge is 0.409 e. The van der Waals surface area contributed by atoms with Crippen molar-refractivity contribution in [2.45, 2.75) is 6.42 Å². The molecule has 0 spiro atoms. The Morgan fingerprint density at radius 2 is 2.29 bits per heavy atom. The van der Waals surface area contributed by atoms with Gasteiger partial charge in [0.15, 0.2) is 5.84 Å². The predicted molar refractivity (Wildman–Crippen MR) is 70.9 cm³/mol. The van der Waals surface area contributed by atoms with E-state index in [2.05, 4.69) is 15.0 Å². The molecule has 0 amide bonds. The molecule has 2 heterocycles. The van der Waals surface area contributed by atoms with Gasteiger partial charge in [0.05, 0.1) is 0 Å². The van der Waals surface area contributed by atoms with Crippen LogP contribution in [-0.4, -0.2) is 40.6 Å². The Balaban J connectivity index is 2.11. The molecule has 1 saturated heterocycles. The first-order chi connectivity index (χ1) is 8.31. The topological polar surface area (TPSA) is 74.7 Å². The lowest BCUT2D eigenvalue weighted by Crippen LogP contribution is -2.26. The summed E-state index contributed by atoms with van der Waals surface area (Å²) >= 11 is 1.98. The molecular formula is C11H16N4OS. The Hall–Kier alpha value is -1.43. The van der Waals surface area contributed by atoms with Gasteiger partial charge in [-0.15, -0.1) is 0 Å². The van der Waals surface area contributed by atoms with Crippen molar-refractivity contribution in [3.05, 3.63) is 23.9 Å². The second kappa shape index (κ2) is 5.77. The van der Waals surface area contributed by atoms with Crippen molar-refractivity contribution in [2.75, 3.05) is 29.5 Å². The van der Waals surface area contributed by atoms with E-state index in [1.54, 1.807) is 6.20 Å². The number of rotatable bonds is 2. The van der Waals surface area contributed by atoms with Gasteiger partial charge in [0, 0.05) is 30.6 Å². The fourth-order valence-electron chi connectivity index (χ4n) is 1.76. The fourth-order valence-corrected chi connectivity index (χ4v) is 2.64. The molecule has 0 saturated carbocycles. The van der Waals surface area contributed by atoms with Crippen LogP contribution in [0.25, 0.3) is 0 Å². The maximum Gasteiger partial charge on any atom is 0.171 e. The molecule has 0 aliphatic carbocycles. The third-order valence-corrected chi connectivity index (χ3v) is 3.75. The molecule has 0 aromatic carbocycles. The van der Waals surface area contributed by atoms with Crippen LogP contribution in [0.5, 0.6) is 0 Å². The zero-order chi connectivity index (χ0) is 12.1. The van der Waals surface area contributed by atoms with E-state index in [0.29, 0.717) is 5.56 Å². The van der Waals surface area contributed by atoms with Crippen molar-refractivity contribution in [1.82, 2.24) is 4.98 Å². The Kier molecular flexibility index (Phi) is 4.08. The summed E-state index contributed by atoms with van der Waals surface area (Å²) < 4.78 is 0. The van der Waals surface area contributed by atoms with Crippen molar-refractivity contribution in [3.8, 4) is 0 Å². The average Bonchev–Trinajstić information content (AvgIpc) is 2.67. The van der Waals surface area contributed by atoms with E-state index in [4.69, 9.17) is 10.9 Å². The number of thioether (sulfide) groups is 1. The molecule has 17 heavy (non-hydrogen) atoms. The van der Waals surface area contributed by atoms with Gasteiger partial charge in [0.1, 0.15) is 5.82 Å². The second-order valence-electron chi connectivity index (χ2n) is 3.84. The summed E-state index contributed by atoms with van der Waals surface area (Å²) in [5.74, 6) is 3.42. The standard InChI is InChI=1S/C11H16N4OS/c12-11(14-16)9-2-3-10(13-8-9)15-4-1-6-17-7-5-15/h2-3,8,16H,1,4-7H2,(H2,12,14). The third kappa shape index (κ3) is 3.03.